The van der Waals surface area contributed by atoms with Gasteiger partial charge in [0.2, 0.25) is 0 Å². The van der Waals surface area contributed by atoms with Gasteiger partial charge in [0.25, 0.3) is 0 Å². The van der Waals surface area contributed by atoms with Gasteiger partial charge >= 0.3 is 19.7 Å². The van der Waals surface area contributed by atoms with E-state index in [2.05, 4.69) is 5.32 Å². The van der Waals surface area contributed by atoms with Gasteiger partial charge in [-0.25, -0.2) is 14.2 Å². The number of carbonyl (C=O) groups excluding carboxylic acids is 2. The molecule has 0 saturated carbocycles. The lowest BCUT2D eigenvalue weighted by atomic mass is 10.2. The summed E-state index contributed by atoms with van der Waals surface area (Å²) in [6.07, 6.45) is -2.03. The predicted molar refractivity (Wildman–Crippen MR) is 123 cm³/mol. The van der Waals surface area contributed by atoms with Crippen molar-refractivity contribution >= 4 is 19.7 Å². The van der Waals surface area contributed by atoms with Crippen molar-refractivity contribution in [1.82, 2.24) is 5.32 Å². The largest absolute Gasteiger partial charge is 0.490 e. The van der Waals surface area contributed by atoms with E-state index in [1.54, 1.807) is 38.1 Å². The van der Waals surface area contributed by atoms with Crippen molar-refractivity contribution in [3.8, 4) is 11.5 Å². The van der Waals surface area contributed by atoms with E-state index < -0.39 is 25.8 Å². The Balaban J connectivity index is 2.03. The van der Waals surface area contributed by atoms with Gasteiger partial charge in [-0.15, -0.1) is 0 Å². The summed E-state index contributed by atoms with van der Waals surface area (Å²) in [5.74, 6) is -0.0945. The highest BCUT2D eigenvalue weighted by atomic mass is 31.2. The Morgan fingerprint density at radius 2 is 1.61 bits per heavy atom. The molecule has 1 N–H and O–H groups in total. The average Bonchev–Trinajstić information content (AvgIpc) is 2.80. The first-order valence-corrected chi connectivity index (χ1v) is 12.4. The van der Waals surface area contributed by atoms with Crippen LogP contribution >= 0.6 is 7.60 Å². The highest BCUT2D eigenvalue weighted by Crippen LogP contribution is 2.51. The van der Waals surface area contributed by atoms with Crippen LogP contribution in [0.3, 0.4) is 0 Å². The third-order valence-electron chi connectivity index (χ3n) is 4.19. The standard InChI is InChI=1S/C23H30NO8P/c1-4-28-20-13-9-10-14-21(20)32-33(27,31-18(3)22(25)29-5-2)16-15-24-23(26)30-17-19-11-7-6-8-12-19/h6-14,18H,4-5,15-17H2,1-3H3,(H,24,26)/t18-,33?/m0/s1. The molecule has 2 atom stereocenters. The molecule has 0 bridgehead atoms. The summed E-state index contributed by atoms with van der Waals surface area (Å²) in [6.45, 7) is 5.43. The Morgan fingerprint density at radius 1 is 0.939 bits per heavy atom. The number of benzene rings is 2. The molecule has 0 radical (unpaired) electrons. The number of ether oxygens (including phenoxy) is 3. The van der Waals surface area contributed by atoms with Crippen LogP contribution in [0, 0.1) is 0 Å². The van der Waals surface area contributed by atoms with Crippen molar-refractivity contribution < 1.29 is 37.4 Å². The quantitative estimate of drug-likeness (QED) is 0.329. The molecule has 9 nitrogen and oxygen atoms in total. The molecule has 0 aliphatic heterocycles. The van der Waals surface area contributed by atoms with Gasteiger partial charge in [0.1, 0.15) is 6.61 Å². The van der Waals surface area contributed by atoms with E-state index in [-0.39, 0.29) is 31.7 Å². The summed E-state index contributed by atoms with van der Waals surface area (Å²) in [5.41, 5.74) is 0.834. The summed E-state index contributed by atoms with van der Waals surface area (Å²) in [7, 11) is -3.91. The second-order valence-corrected chi connectivity index (χ2v) is 8.86. The predicted octanol–water partition coefficient (Wildman–Crippen LogP) is 4.55. The lowest BCUT2D eigenvalue weighted by Gasteiger charge is -2.23. The van der Waals surface area contributed by atoms with Crippen LogP contribution in [0.4, 0.5) is 4.79 Å². The zero-order valence-electron chi connectivity index (χ0n) is 19.0. The minimum atomic E-state index is -3.91. The van der Waals surface area contributed by atoms with E-state index in [9.17, 15) is 14.2 Å². The number of para-hydroxylation sites is 2. The molecular formula is C23H30NO8P. The van der Waals surface area contributed by atoms with Crippen LogP contribution in [-0.2, 0) is 30.0 Å². The van der Waals surface area contributed by atoms with Crippen molar-refractivity contribution in [2.45, 2.75) is 33.5 Å². The van der Waals surface area contributed by atoms with Crippen LogP contribution in [0.1, 0.15) is 26.3 Å². The monoisotopic (exact) mass is 479 g/mol. The highest BCUT2D eigenvalue weighted by molar-refractivity contribution is 7.54. The van der Waals surface area contributed by atoms with Crippen molar-refractivity contribution in [1.29, 1.82) is 0 Å². The zero-order chi connectivity index (χ0) is 24.1. The summed E-state index contributed by atoms with van der Waals surface area (Å²) in [5, 5.41) is 2.52. The first-order valence-electron chi connectivity index (χ1n) is 10.7. The molecule has 180 valence electrons. The van der Waals surface area contributed by atoms with Gasteiger partial charge in [-0.1, -0.05) is 42.5 Å². The normalized spacial score (nSPS) is 13.3. The maximum absolute atomic E-state index is 13.5. The van der Waals surface area contributed by atoms with Crippen molar-refractivity contribution in [2.75, 3.05) is 25.9 Å². The molecule has 1 unspecified atom stereocenters. The average molecular weight is 479 g/mol. The van der Waals surface area contributed by atoms with Gasteiger partial charge in [-0.3, -0.25) is 4.52 Å². The third kappa shape index (κ3) is 9.16. The first-order chi connectivity index (χ1) is 15.9. The van der Waals surface area contributed by atoms with E-state index in [1.165, 1.54) is 6.92 Å². The second kappa shape index (κ2) is 13.5. The Kier molecular flexibility index (Phi) is 10.7. The summed E-state index contributed by atoms with van der Waals surface area (Å²) in [6, 6.07) is 15.9. The molecule has 33 heavy (non-hydrogen) atoms. The van der Waals surface area contributed by atoms with Crippen LogP contribution in [0.5, 0.6) is 11.5 Å². The molecule has 10 heteroatoms. The molecule has 2 rings (SSSR count). The lowest BCUT2D eigenvalue weighted by Crippen LogP contribution is -2.29. The maximum atomic E-state index is 13.5. The smallest absolute Gasteiger partial charge is 0.407 e. The van der Waals surface area contributed by atoms with Crippen LogP contribution < -0.4 is 14.6 Å². The molecule has 0 saturated heterocycles. The molecule has 2 aromatic carbocycles. The minimum absolute atomic E-state index is 0.0722. The molecule has 0 aromatic heterocycles. The van der Waals surface area contributed by atoms with E-state index in [0.717, 1.165) is 5.56 Å². The molecular weight excluding hydrogens is 449 g/mol. The van der Waals surface area contributed by atoms with Crippen molar-refractivity contribution in [3.05, 3.63) is 60.2 Å². The van der Waals surface area contributed by atoms with E-state index in [0.29, 0.717) is 12.4 Å². The summed E-state index contributed by atoms with van der Waals surface area (Å²) < 4.78 is 40.3. The number of nitrogens with one attached hydrogen (secondary N) is 1. The number of rotatable bonds is 13. The molecule has 0 heterocycles. The van der Waals surface area contributed by atoms with Crippen LogP contribution in [0.15, 0.2) is 54.6 Å². The molecule has 0 spiro atoms. The number of hydrogen-bond donors (Lipinski definition) is 1. The molecule has 0 fully saturated rings. The first kappa shape index (κ1) is 26.2. The Morgan fingerprint density at radius 3 is 2.27 bits per heavy atom. The summed E-state index contributed by atoms with van der Waals surface area (Å²) >= 11 is 0. The second-order valence-electron chi connectivity index (χ2n) is 6.79. The number of hydrogen-bond acceptors (Lipinski definition) is 8. The fourth-order valence-corrected chi connectivity index (χ4v) is 4.33. The Labute approximate surface area is 193 Å². The molecule has 0 aliphatic rings. The third-order valence-corrected chi connectivity index (χ3v) is 6.08. The maximum Gasteiger partial charge on any atom is 0.407 e. The van der Waals surface area contributed by atoms with E-state index in [4.69, 9.17) is 23.3 Å². The van der Waals surface area contributed by atoms with Gasteiger partial charge < -0.3 is 24.1 Å². The van der Waals surface area contributed by atoms with Crippen LogP contribution in [0.2, 0.25) is 0 Å². The number of amides is 1. The molecule has 1 amide bonds. The number of carbonyl (C=O) groups is 2. The van der Waals surface area contributed by atoms with Crippen molar-refractivity contribution in [3.63, 3.8) is 0 Å². The lowest BCUT2D eigenvalue weighted by molar-refractivity contribution is -0.150. The van der Waals surface area contributed by atoms with Gasteiger partial charge in [0, 0.05) is 6.54 Å². The minimum Gasteiger partial charge on any atom is -0.490 e. The molecule has 0 aliphatic carbocycles. The van der Waals surface area contributed by atoms with Crippen molar-refractivity contribution in [2.24, 2.45) is 0 Å². The van der Waals surface area contributed by atoms with Gasteiger partial charge in [-0.05, 0) is 38.5 Å². The van der Waals surface area contributed by atoms with Crippen LogP contribution in [-0.4, -0.2) is 44.1 Å². The highest BCUT2D eigenvalue weighted by Gasteiger charge is 2.33. The zero-order valence-corrected chi connectivity index (χ0v) is 19.9. The number of esters is 1. The fourth-order valence-electron chi connectivity index (χ4n) is 2.68. The summed E-state index contributed by atoms with van der Waals surface area (Å²) in [4.78, 5) is 24.0. The Bertz CT molecular complexity index is 937. The van der Waals surface area contributed by atoms with E-state index >= 15 is 0 Å². The SMILES string of the molecule is CCOC(=O)[C@H](C)OP(=O)(CCNC(=O)OCc1ccccc1)Oc1ccccc1OCC. The topological polar surface area (TPSA) is 109 Å². The molecule has 2 aromatic rings. The number of alkyl carbamates (subject to hydrolysis) is 1. The van der Waals surface area contributed by atoms with Crippen LogP contribution in [0.25, 0.3) is 0 Å². The van der Waals surface area contributed by atoms with Gasteiger partial charge in [-0.2, -0.15) is 0 Å². The fraction of sp³-hybridized carbons (Fsp3) is 0.391. The van der Waals surface area contributed by atoms with Gasteiger partial charge in [0.05, 0.1) is 19.4 Å². The van der Waals surface area contributed by atoms with E-state index in [1.807, 2.05) is 30.3 Å². The van der Waals surface area contributed by atoms with Gasteiger partial charge in [0.15, 0.2) is 17.6 Å². The Hall–Kier alpha value is -3.03.